The van der Waals surface area contributed by atoms with Gasteiger partial charge in [0.1, 0.15) is 11.5 Å². The average Bonchev–Trinajstić information content (AvgIpc) is 2.72. The number of terminal acetylenes is 1. The molecule has 0 amide bonds. The van der Waals surface area contributed by atoms with Crippen LogP contribution in [0.1, 0.15) is 26.3 Å². The van der Waals surface area contributed by atoms with Crippen LogP contribution in [0.3, 0.4) is 0 Å². The Balaban J connectivity index is 1.77. The Morgan fingerprint density at radius 3 is 2.83 bits per heavy atom. The average molecular weight is 423 g/mol. The number of ether oxygens (including phenoxy) is 2. The summed E-state index contributed by atoms with van der Waals surface area (Å²) in [7, 11) is 0. The first-order chi connectivity index (χ1) is 14.2. The lowest BCUT2D eigenvalue weighted by Crippen LogP contribution is -2.52. The molecule has 3 rings (SSSR count). The second kappa shape index (κ2) is 8.97. The van der Waals surface area contributed by atoms with Crippen molar-refractivity contribution < 1.29 is 14.6 Å². The van der Waals surface area contributed by atoms with Gasteiger partial charge in [-0.25, -0.2) is 0 Å². The van der Waals surface area contributed by atoms with Gasteiger partial charge in [-0.15, -0.1) is 18.2 Å². The van der Waals surface area contributed by atoms with Crippen molar-refractivity contribution in [2.24, 2.45) is 0 Å². The van der Waals surface area contributed by atoms with Crippen LogP contribution in [0.5, 0.6) is 5.75 Å². The SMILES string of the molecule is C#Cc1cnc2ccc(OC(SC)C(O)NC(C)(C)C3=CC(=C)OC=C3C)cc2c1. The Morgan fingerprint density at radius 1 is 1.37 bits per heavy atom. The van der Waals surface area contributed by atoms with E-state index in [1.807, 2.05) is 57.4 Å². The van der Waals surface area contributed by atoms with E-state index in [-0.39, 0.29) is 0 Å². The third-order valence-electron chi connectivity index (χ3n) is 4.86. The van der Waals surface area contributed by atoms with Crippen LogP contribution in [-0.4, -0.2) is 33.5 Å². The van der Waals surface area contributed by atoms with Gasteiger partial charge in [-0.1, -0.05) is 12.5 Å². The number of benzene rings is 1. The monoisotopic (exact) mass is 422 g/mol. The fourth-order valence-electron chi connectivity index (χ4n) is 3.36. The number of nitrogens with zero attached hydrogens (tertiary/aromatic N) is 1. The number of nitrogens with one attached hydrogen (secondary N) is 1. The molecule has 0 aliphatic carbocycles. The van der Waals surface area contributed by atoms with Crippen molar-refractivity contribution in [1.82, 2.24) is 10.3 Å². The number of aliphatic hydroxyl groups is 1. The number of fused-ring (bicyclic) bond motifs is 1. The van der Waals surface area contributed by atoms with Crippen LogP contribution >= 0.6 is 11.8 Å². The summed E-state index contributed by atoms with van der Waals surface area (Å²) in [6.07, 6.45) is 11.7. The fourth-order valence-corrected chi connectivity index (χ4v) is 3.90. The number of hydrogen-bond donors (Lipinski definition) is 2. The lowest BCUT2D eigenvalue weighted by atomic mass is 9.87. The molecule has 2 unspecified atom stereocenters. The zero-order valence-electron chi connectivity index (χ0n) is 17.6. The molecule has 5 nitrogen and oxygen atoms in total. The molecule has 2 heterocycles. The van der Waals surface area contributed by atoms with Crippen molar-refractivity contribution in [2.75, 3.05) is 6.26 Å². The molecule has 1 aliphatic rings. The first-order valence-electron chi connectivity index (χ1n) is 9.50. The molecule has 156 valence electrons. The topological polar surface area (TPSA) is 63.6 Å². The van der Waals surface area contributed by atoms with Crippen molar-refractivity contribution in [2.45, 2.75) is 38.0 Å². The minimum absolute atomic E-state index is 0.529. The van der Waals surface area contributed by atoms with Crippen molar-refractivity contribution in [3.63, 3.8) is 0 Å². The van der Waals surface area contributed by atoms with Crippen LogP contribution < -0.4 is 10.1 Å². The largest absolute Gasteiger partial charge is 0.476 e. The molecule has 1 aromatic heterocycles. The Kier molecular flexibility index (Phi) is 6.57. The maximum atomic E-state index is 10.9. The quantitative estimate of drug-likeness (QED) is 0.511. The van der Waals surface area contributed by atoms with Gasteiger partial charge in [0.25, 0.3) is 0 Å². The summed E-state index contributed by atoms with van der Waals surface area (Å²) < 4.78 is 11.4. The number of hydrogen-bond acceptors (Lipinski definition) is 6. The lowest BCUT2D eigenvalue weighted by molar-refractivity contribution is 0.0432. The Hall–Kier alpha value is -2.72. The number of rotatable bonds is 7. The highest BCUT2D eigenvalue weighted by atomic mass is 32.2. The standard InChI is InChI=1S/C24H26N2O3S/c1-7-17-11-18-12-19(8-9-21(18)25-13-17)29-23(30-6)22(27)26-24(4,5)20-10-16(3)28-14-15(20)2/h1,8-14,22-23,26-27H,3H2,2,4-6H3. The smallest absolute Gasteiger partial charge is 0.183 e. The van der Waals surface area contributed by atoms with E-state index in [0.29, 0.717) is 17.1 Å². The molecular weight excluding hydrogens is 396 g/mol. The number of pyridine rings is 1. The summed E-state index contributed by atoms with van der Waals surface area (Å²) in [5, 5.41) is 15.0. The van der Waals surface area contributed by atoms with Gasteiger partial charge in [-0.2, -0.15) is 0 Å². The third kappa shape index (κ3) is 4.88. The Labute approximate surface area is 181 Å². The van der Waals surface area contributed by atoms with Gasteiger partial charge in [-0.05, 0) is 68.5 Å². The molecule has 2 N–H and O–H groups in total. The zero-order valence-corrected chi connectivity index (χ0v) is 18.4. The second-order valence-electron chi connectivity index (χ2n) is 7.60. The number of thioether (sulfide) groups is 1. The predicted octanol–water partition coefficient (Wildman–Crippen LogP) is 4.34. The van der Waals surface area contributed by atoms with E-state index in [2.05, 4.69) is 22.8 Å². The normalized spacial score (nSPS) is 16.2. The lowest BCUT2D eigenvalue weighted by Gasteiger charge is -2.36. The highest BCUT2D eigenvalue weighted by Gasteiger charge is 2.32. The van der Waals surface area contributed by atoms with Crippen LogP contribution in [0.15, 0.2) is 66.3 Å². The molecule has 1 aromatic carbocycles. The molecule has 30 heavy (non-hydrogen) atoms. The summed E-state index contributed by atoms with van der Waals surface area (Å²) in [5.74, 6) is 3.78. The number of aromatic nitrogens is 1. The van der Waals surface area contributed by atoms with Gasteiger partial charge in [-0.3, -0.25) is 10.3 Å². The third-order valence-corrected chi connectivity index (χ3v) is 5.68. The van der Waals surface area contributed by atoms with E-state index in [1.165, 1.54) is 11.8 Å². The van der Waals surface area contributed by atoms with E-state index in [4.69, 9.17) is 15.9 Å². The van der Waals surface area contributed by atoms with E-state index >= 15 is 0 Å². The predicted molar refractivity (Wildman–Crippen MR) is 123 cm³/mol. The fraction of sp³-hybridized carbons (Fsp3) is 0.292. The minimum atomic E-state index is -0.925. The van der Waals surface area contributed by atoms with Gasteiger partial charge in [0.2, 0.25) is 0 Å². The van der Waals surface area contributed by atoms with Gasteiger partial charge in [0.05, 0.1) is 11.8 Å². The molecule has 0 saturated carbocycles. The maximum absolute atomic E-state index is 10.9. The number of aliphatic hydroxyl groups excluding tert-OH is 1. The highest BCUT2D eigenvalue weighted by Crippen LogP contribution is 2.30. The maximum Gasteiger partial charge on any atom is 0.183 e. The summed E-state index contributed by atoms with van der Waals surface area (Å²) >= 11 is 1.42. The molecule has 6 heteroatoms. The molecule has 0 saturated heterocycles. The molecule has 0 bridgehead atoms. The highest BCUT2D eigenvalue weighted by molar-refractivity contribution is 7.99. The van der Waals surface area contributed by atoms with Gasteiger partial charge >= 0.3 is 0 Å². The van der Waals surface area contributed by atoms with Gasteiger partial charge in [0.15, 0.2) is 11.7 Å². The van der Waals surface area contributed by atoms with Gasteiger partial charge in [0, 0.05) is 22.7 Å². The summed E-state index contributed by atoms with van der Waals surface area (Å²) in [6, 6.07) is 7.48. The molecule has 0 spiro atoms. The second-order valence-corrected chi connectivity index (χ2v) is 8.54. The first-order valence-corrected chi connectivity index (χ1v) is 10.8. The Bertz CT molecular complexity index is 1070. The van der Waals surface area contributed by atoms with E-state index < -0.39 is 17.2 Å². The molecule has 2 atom stereocenters. The molecule has 2 aromatic rings. The van der Waals surface area contributed by atoms with Crippen LogP contribution in [0.25, 0.3) is 10.9 Å². The molecular formula is C24H26N2O3S. The van der Waals surface area contributed by atoms with E-state index in [1.54, 1.807) is 12.5 Å². The molecule has 0 fully saturated rings. The summed E-state index contributed by atoms with van der Waals surface area (Å²) in [5.41, 5.74) is 2.45. The van der Waals surface area contributed by atoms with Crippen LogP contribution in [0, 0.1) is 12.3 Å². The van der Waals surface area contributed by atoms with Crippen LogP contribution in [0.2, 0.25) is 0 Å². The van der Waals surface area contributed by atoms with E-state index in [9.17, 15) is 5.11 Å². The van der Waals surface area contributed by atoms with Crippen molar-refractivity contribution >= 4 is 22.7 Å². The summed E-state index contributed by atoms with van der Waals surface area (Å²) in [4.78, 5) is 4.35. The van der Waals surface area contributed by atoms with Gasteiger partial charge < -0.3 is 14.6 Å². The number of allylic oxidation sites excluding steroid dienone is 1. The van der Waals surface area contributed by atoms with E-state index in [0.717, 1.165) is 22.0 Å². The van der Waals surface area contributed by atoms with Crippen molar-refractivity contribution in [3.05, 3.63) is 71.8 Å². The van der Waals surface area contributed by atoms with Crippen LogP contribution in [-0.2, 0) is 4.74 Å². The summed E-state index contributed by atoms with van der Waals surface area (Å²) in [6.45, 7) is 9.82. The molecule has 0 radical (unpaired) electrons. The molecule has 1 aliphatic heterocycles. The Morgan fingerprint density at radius 2 is 2.13 bits per heavy atom. The zero-order chi connectivity index (χ0) is 21.9. The minimum Gasteiger partial charge on any atom is -0.476 e. The van der Waals surface area contributed by atoms with Crippen LogP contribution in [0.4, 0.5) is 0 Å². The first kappa shape index (κ1) is 22.0. The van der Waals surface area contributed by atoms with Crippen molar-refractivity contribution in [1.29, 1.82) is 0 Å². The van der Waals surface area contributed by atoms with Crippen molar-refractivity contribution in [3.8, 4) is 18.1 Å².